The molecule has 2 amide bonds. The number of fused-ring (bicyclic) bond motifs is 1. The third-order valence-corrected chi connectivity index (χ3v) is 4.65. The Balaban J connectivity index is 1.66. The number of amides is 2. The molecule has 27 heavy (non-hydrogen) atoms. The highest BCUT2D eigenvalue weighted by molar-refractivity contribution is 5.98. The summed E-state index contributed by atoms with van der Waals surface area (Å²) in [5.41, 5.74) is 2.30. The molecule has 0 atom stereocenters. The predicted octanol–water partition coefficient (Wildman–Crippen LogP) is 3.92. The van der Waals surface area contributed by atoms with E-state index in [-0.39, 0.29) is 18.4 Å². The fourth-order valence-corrected chi connectivity index (χ4v) is 3.18. The lowest BCUT2D eigenvalue weighted by Crippen LogP contribution is -2.38. The molecule has 142 valence electrons. The van der Waals surface area contributed by atoms with Crippen molar-refractivity contribution in [1.29, 1.82) is 0 Å². The van der Waals surface area contributed by atoms with Crippen molar-refractivity contribution in [2.45, 2.75) is 39.2 Å². The molecule has 2 aromatic carbocycles. The van der Waals surface area contributed by atoms with Crippen LogP contribution in [0.5, 0.6) is 5.75 Å². The van der Waals surface area contributed by atoms with E-state index in [0.717, 1.165) is 24.1 Å². The summed E-state index contributed by atoms with van der Waals surface area (Å²) in [5, 5.41) is 2.97. The summed E-state index contributed by atoms with van der Waals surface area (Å²) in [6.07, 6.45) is 4.51. The lowest BCUT2D eigenvalue weighted by molar-refractivity contribution is -0.121. The van der Waals surface area contributed by atoms with Gasteiger partial charge in [-0.1, -0.05) is 50.5 Å². The number of nitrogens with one attached hydrogen (secondary N) is 1. The zero-order valence-corrected chi connectivity index (χ0v) is 15.7. The van der Waals surface area contributed by atoms with E-state index in [9.17, 15) is 9.59 Å². The van der Waals surface area contributed by atoms with E-state index in [1.807, 2.05) is 42.5 Å². The van der Waals surface area contributed by atoms with Crippen LogP contribution >= 0.6 is 0 Å². The third-order valence-electron chi connectivity index (χ3n) is 4.65. The Hall–Kier alpha value is -2.82. The van der Waals surface area contributed by atoms with Crippen LogP contribution in [-0.2, 0) is 11.3 Å². The van der Waals surface area contributed by atoms with Crippen LogP contribution in [0.1, 0.15) is 48.5 Å². The number of hydrogen-bond donors (Lipinski definition) is 1. The first kappa shape index (κ1) is 19.0. The SMILES string of the molecule is CCCCCCNC(=O)c1cccc(CN2C(=O)COc3ccccc32)c1. The maximum atomic E-state index is 12.4. The molecule has 0 radical (unpaired) electrons. The molecule has 0 saturated heterocycles. The van der Waals surface area contributed by atoms with Gasteiger partial charge in [0.1, 0.15) is 5.75 Å². The van der Waals surface area contributed by atoms with Crippen LogP contribution in [0.25, 0.3) is 0 Å². The molecule has 1 heterocycles. The zero-order chi connectivity index (χ0) is 19.1. The van der Waals surface area contributed by atoms with E-state index in [1.165, 1.54) is 12.8 Å². The van der Waals surface area contributed by atoms with Crippen molar-refractivity contribution in [1.82, 2.24) is 5.32 Å². The number of carbonyl (C=O) groups is 2. The zero-order valence-electron chi connectivity index (χ0n) is 15.7. The number of para-hydroxylation sites is 2. The van der Waals surface area contributed by atoms with Crippen molar-refractivity contribution in [2.24, 2.45) is 0 Å². The second-order valence-corrected chi connectivity index (χ2v) is 6.75. The maximum Gasteiger partial charge on any atom is 0.265 e. The fraction of sp³-hybridized carbons (Fsp3) is 0.364. The van der Waals surface area contributed by atoms with Crippen molar-refractivity contribution >= 4 is 17.5 Å². The fourth-order valence-electron chi connectivity index (χ4n) is 3.18. The summed E-state index contributed by atoms with van der Waals surface area (Å²) in [4.78, 5) is 26.4. The number of ether oxygens (including phenoxy) is 1. The number of carbonyl (C=O) groups excluding carboxylic acids is 2. The molecule has 1 aliphatic heterocycles. The van der Waals surface area contributed by atoms with Gasteiger partial charge in [0.15, 0.2) is 6.61 Å². The van der Waals surface area contributed by atoms with Gasteiger partial charge in [-0.3, -0.25) is 9.59 Å². The Morgan fingerprint density at radius 2 is 1.96 bits per heavy atom. The molecule has 0 fully saturated rings. The molecule has 0 bridgehead atoms. The molecule has 5 heteroatoms. The summed E-state index contributed by atoms with van der Waals surface area (Å²) >= 11 is 0. The number of anilines is 1. The van der Waals surface area contributed by atoms with E-state index in [4.69, 9.17) is 4.74 Å². The van der Waals surface area contributed by atoms with Gasteiger partial charge >= 0.3 is 0 Å². The summed E-state index contributed by atoms with van der Waals surface area (Å²) < 4.78 is 5.48. The second-order valence-electron chi connectivity index (χ2n) is 6.75. The first-order chi connectivity index (χ1) is 13.2. The maximum absolute atomic E-state index is 12.4. The molecular weight excluding hydrogens is 340 g/mol. The second kappa shape index (κ2) is 9.21. The summed E-state index contributed by atoms with van der Waals surface area (Å²) in [6, 6.07) is 15.0. The summed E-state index contributed by atoms with van der Waals surface area (Å²) in [7, 11) is 0. The average molecular weight is 366 g/mol. The highest BCUT2D eigenvalue weighted by Gasteiger charge is 2.25. The highest BCUT2D eigenvalue weighted by Crippen LogP contribution is 2.32. The smallest absolute Gasteiger partial charge is 0.265 e. The Labute approximate surface area is 160 Å². The van der Waals surface area contributed by atoms with Crippen LogP contribution in [0, 0.1) is 0 Å². The van der Waals surface area contributed by atoms with Crippen molar-refractivity contribution in [2.75, 3.05) is 18.1 Å². The summed E-state index contributed by atoms with van der Waals surface area (Å²) in [6.45, 7) is 3.31. The minimum atomic E-state index is -0.0838. The van der Waals surface area contributed by atoms with Gasteiger partial charge < -0.3 is 15.0 Å². The van der Waals surface area contributed by atoms with Crippen molar-refractivity contribution in [3.63, 3.8) is 0 Å². The van der Waals surface area contributed by atoms with Crippen LogP contribution in [0.4, 0.5) is 5.69 Å². The van der Waals surface area contributed by atoms with Gasteiger partial charge in [-0.25, -0.2) is 0 Å². The molecule has 3 rings (SSSR count). The first-order valence-corrected chi connectivity index (χ1v) is 9.58. The number of hydrogen-bond acceptors (Lipinski definition) is 3. The van der Waals surface area contributed by atoms with E-state index in [0.29, 0.717) is 24.4 Å². The lowest BCUT2D eigenvalue weighted by Gasteiger charge is -2.29. The summed E-state index contributed by atoms with van der Waals surface area (Å²) in [5.74, 6) is 0.555. The number of rotatable bonds is 8. The third kappa shape index (κ3) is 4.88. The predicted molar refractivity (Wildman–Crippen MR) is 106 cm³/mol. The molecule has 1 N–H and O–H groups in total. The van der Waals surface area contributed by atoms with Gasteiger partial charge in [0.2, 0.25) is 0 Å². The Morgan fingerprint density at radius 1 is 1.11 bits per heavy atom. The minimum absolute atomic E-state index is 0.0367. The van der Waals surface area contributed by atoms with Gasteiger partial charge in [-0.2, -0.15) is 0 Å². The van der Waals surface area contributed by atoms with Gasteiger partial charge in [0, 0.05) is 12.1 Å². The van der Waals surface area contributed by atoms with E-state index in [2.05, 4.69) is 12.2 Å². The lowest BCUT2D eigenvalue weighted by atomic mass is 10.1. The van der Waals surface area contributed by atoms with Crippen LogP contribution in [-0.4, -0.2) is 25.0 Å². The highest BCUT2D eigenvalue weighted by atomic mass is 16.5. The molecule has 1 aliphatic rings. The molecule has 5 nitrogen and oxygen atoms in total. The Morgan fingerprint density at radius 3 is 2.81 bits per heavy atom. The van der Waals surface area contributed by atoms with Crippen LogP contribution in [0.3, 0.4) is 0 Å². The van der Waals surface area contributed by atoms with Crippen molar-refractivity contribution in [3.05, 3.63) is 59.7 Å². The molecule has 0 unspecified atom stereocenters. The number of unbranched alkanes of at least 4 members (excludes halogenated alkanes) is 3. The van der Waals surface area contributed by atoms with Crippen molar-refractivity contribution in [3.8, 4) is 5.75 Å². The van der Waals surface area contributed by atoms with E-state index >= 15 is 0 Å². The van der Waals surface area contributed by atoms with Gasteiger partial charge in [0.05, 0.1) is 12.2 Å². The van der Waals surface area contributed by atoms with Crippen molar-refractivity contribution < 1.29 is 14.3 Å². The van der Waals surface area contributed by atoms with Crippen LogP contribution < -0.4 is 15.0 Å². The van der Waals surface area contributed by atoms with Gasteiger partial charge in [-0.15, -0.1) is 0 Å². The molecule has 0 aliphatic carbocycles. The molecule has 0 saturated carbocycles. The van der Waals surface area contributed by atoms with E-state index < -0.39 is 0 Å². The Kier molecular flexibility index (Phi) is 6.47. The average Bonchev–Trinajstić information content (AvgIpc) is 2.70. The van der Waals surface area contributed by atoms with Gasteiger partial charge in [-0.05, 0) is 36.2 Å². The first-order valence-electron chi connectivity index (χ1n) is 9.58. The van der Waals surface area contributed by atoms with Crippen LogP contribution in [0.2, 0.25) is 0 Å². The molecule has 0 aromatic heterocycles. The largest absolute Gasteiger partial charge is 0.482 e. The Bertz CT molecular complexity index is 804. The monoisotopic (exact) mass is 366 g/mol. The molecule has 2 aromatic rings. The normalized spacial score (nSPS) is 13.1. The minimum Gasteiger partial charge on any atom is -0.482 e. The van der Waals surface area contributed by atoms with Gasteiger partial charge in [0.25, 0.3) is 11.8 Å². The quantitative estimate of drug-likeness (QED) is 0.721. The molecule has 0 spiro atoms. The van der Waals surface area contributed by atoms with Crippen LogP contribution in [0.15, 0.2) is 48.5 Å². The number of benzene rings is 2. The standard InChI is InChI=1S/C22H26N2O3/c1-2-3-4-7-13-23-22(26)18-10-8-9-17(14-18)15-24-19-11-5-6-12-20(19)27-16-21(24)25/h5-6,8-12,14H,2-4,7,13,15-16H2,1H3,(H,23,26). The molecular formula is C22H26N2O3. The topological polar surface area (TPSA) is 58.6 Å². The van der Waals surface area contributed by atoms with E-state index in [1.54, 1.807) is 11.0 Å². The number of nitrogens with zero attached hydrogens (tertiary/aromatic N) is 1.